The second-order valence-electron chi connectivity index (χ2n) is 23.6. The van der Waals surface area contributed by atoms with Gasteiger partial charge >= 0.3 is 13.8 Å². The van der Waals surface area contributed by atoms with Crippen LogP contribution in [0.3, 0.4) is 0 Å². The Bertz CT molecular complexity index is 1640. The van der Waals surface area contributed by atoms with E-state index in [0.29, 0.717) is 17.4 Å². The maximum atomic E-state index is 13.6. The van der Waals surface area contributed by atoms with Crippen LogP contribution in [0.25, 0.3) is 0 Å². The Morgan fingerprint density at radius 3 is 1.16 bits per heavy atom. The molecule has 0 aliphatic carbocycles. The molecule has 0 aromatic heterocycles. The summed E-state index contributed by atoms with van der Waals surface area (Å²) in [5.41, 5.74) is 0. The lowest BCUT2D eigenvalue weighted by atomic mass is 10.0. The Balaban J connectivity index is 5.15. The van der Waals surface area contributed by atoms with Crippen LogP contribution in [0, 0.1) is 0 Å². The van der Waals surface area contributed by atoms with Crippen LogP contribution in [0.15, 0.2) is 85.1 Å². The van der Waals surface area contributed by atoms with Gasteiger partial charge < -0.3 is 19.4 Å². The predicted octanol–water partition coefficient (Wildman–Crippen LogP) is 21.0. The van der Waals surface area contributed by atoms with Gasteiger partial charge in [-0.05, 0) is 109 Å². The highest BCUT2D eigenvalue weighted by molar-refractivity contribution is 7.47. The van der Waals surface area contributed by atoms with Gasteiger partial charge in [-0.1, -0.05) is 260 Å². The average Bonchev–Trinajstić information content (AvgIpc) is 3.42. The van der Waals surface area contributed by atoms with Crippen molar-refractivity contribution in [1.29, 1.82) is 0 Å². The number of allylic oxidation sites excluding steroid dienone is 13. The van der Waals surface area contributed by atoms with Crippen molar-refractivity contribution in [2.75, 3.05) is 40.9 Å². The van der Waals surface area contributed by atoms with E-state index >= 15 is 0 Å². The van der Waals surface area contributed by atoms with Gasteiger partial charge in [0.25, 0.3) is 0 Å². The summed E-state index contributed by atoms with van der Waals surface area (Å²) in [6, 6.07) is -0.865. The average molecular weight is 1140 g/mol. The summed E-state index contributed by atoms with van der Waals surface area (Å²) in [4.78, 5) is 37.8. The summed E-state index contributed by atoms with van der Waals surface area (Å²) in [6.45, 7) is 6.95. The highest BCUT2D eigenvalue weighted by Crippen LogP contribution is 2.43. The van der Waals surface area contributed by atoms with E-state index in [1.54, 1.807) is 0 Å². The van der Waals surface area contributed by atoms with E-state index in [-0.39, 0.29) is 31.5 Å². The SMILES string of the molecule is CCCCC/C=C\C/C=C\C/C=C\CCCCCCCCCCCCCCC(=O)OC(/C=C\CCCCCCCCCCCC)C(COP(=O)(O)OCC[N+](C)(C)C)NC(=O)CCCCCC/C=C\C/C=C\C/C=C\CCCCC. The van der Waals surface area contributed by atoms with E-state index in [4.69, 9.17) is 13.8 Å². The number of carbonyl (C=O) groups is 2. The molecule has 0 fully saturated rings. The second-order valence-corrected chi connectivity index (χ2v) is 25.1. The number of nitrogens with one attached hydrogen (secondary N) is 1. The first-order chi connectivity index (χ1) is 38.9. The zero-order valence-electron chi connectivity index (χ0n) is 53.1. The molecule has 0 saturated heterocycles. The van der Waals surface area contributed by atoms with Crippen LogP contribution >= 0.6 is 7.82 Å². The number of amides is 1. The smallest absolute Gasteiger partial charge is 0.456 e. The topological polar surface area (TPSA) is 111 Å². The van der Waals surface area contributed by atoms with Crippen molar-refractivity contribution in [3.8, 4) is 0 Å². The van der Waals surface area contributed by atoms with Crippen molar-refractivity contribution in [1.82, 2.24) is 5.32 Å². The molecule has 0 heterocycles. The van der Waals surface area contributed by atoms with Crippen LogP contribution in [0.5, 0.6) is 0 Å². The normalized spacial score (nSPS) is 14.1. The van der Waals surface area contributed by atoms with Crippen LogP contribution in [-0.4, -0.2) is 74.3 Å². The fraction of sp³-hybridized carbons (Fsp3) is 0.771. The Hall–Kier alpha value is -2.81. The number of nitrogens with zero attached hydrogens (tertiary/aromatic N) is 1. The minimum Gasteiger partial charge on any atom is -0.456 e. The minimum absolute atomic E-state index is 0.0327. The van der Waals surface area contributed by atoms with E-state index in [2.05, 4.69) is 99.0 Å². The summed E-state index contributed by atoms with van der Waals surface area (Å²) in [5, 5.41) is 3.05. The summed E-state index contributed by atoms with van der Waals surface area (Å²) in [5.74, 6) is -0.529. The van der Waals surface area contributed by atoms with Crippen LogP contribution in [0.4, 0.5) is 0 Å². The second kappa shape index (κ2) is 59.4. The van der Waals surface area contributed by atoms with Gasteiger partial charge in [0, 0.05) is 12.8 Å². The van der Waals surface area contributed by atoms with E-state index < -0.39 is 20.0 Å². The number of phosphoric acid groups is 1. The van der Waals surface area contributed by atoms with Crippen LogP contribution in [0.2, 0.25) is 0 Å². The fourth-order valence-electron chi connectivity index (χ4n) is 9.37. The van der Waals surface area contributed by atoms with Gasteiger partial charge in [-0.3, -0.25) is 18.6 Å². The molecule has 0 radical (unpaired) electrons. The van der Waals surface area contributed by atoms with Gasteiger partial charge in [0.05, 0.1) is 33.8 Å². The molecule has 0 aliphatic rings. The van der Waals surface area contributed by atoms with Crippen LogP contribution in [-0.2, 0) is 27.9 Å². The molecule has 0 rings (SSSR count). The number of hydrogen-bond acceptors (Lipinski definition) is 6. The summed E-state index contributed by atoms with van der Waals surface area (Å²) in [6.07, 6.45) is 78.7. The molecule has 0 aromatic rings. The Kier molecular flexibility index (Phi) is 57.3. The van der Waals surface area contributed by atoms with Gasteiger partial charge in [0.1, 0.15) is 19.3 Å². The number of unbranched alkanes of at least 4 members (excludes halogenated alkanes) is 32. The first-order valence-corrected chi connectivity index (χ1v) is 34.9. The van der Waals surface area contributed by atoms with Crippen molar-refractivity contribution in [2.24, 2.45) is 0 Å². The Morgan fingerprint density at radius 1 is 0.438 bits per heavy atom. The molecule has 0 aliphatic heterocycles. The number of hydrogen-bond donors (Lipinski definition) is 2. The fourth-order valence-corrected chi connectivity index (χ4v) is 10.1. The molecule has 2 N–H and O–H groups in total. The van der Waals surface area contributed by atoms with E-state index in [1.807, 2.05) is 33.3 Å². The number of rotatable bonds is 60. The van der Waals surface area contributed by atoms with Crippen LogP contribution < -0.4 is 5.32 Å². The molecule has 80 heavy (non-hydrogen) atoms. The quantitative estimate of drug-likeness (QED) is 0.0205. The molecule has 0 spiro atoms. The molecule has 10 heteroatoms. The van der Waals surface area contributed by atoms with Crippen molar-refractivity contribution < 1.29 is 37.3 Å². The maximum Gasteiger partial charge on any atom is 0.472 e. The van der Waals surface area contributed by atoms with Crippen molar-refractivity contribution in [3.63, 3.8) is 0 Å². The zero-order chi connectivity index (χ0) is 58.6. The summed E-state index contributed by atoms with van der Waals surface area (Å²) >= 11 is 0. The van der Waals surface area contributed by atoms with Gasteiger partial charge in [-0.2, -0.15) is 0 Å². The lowest BCUT2D eigenvalue weighted by Crippen LogP contribution is -2.47. The number of esters is 1. The first kappa shape index (κ1) is 77.2. The summed E-state index contributed by atoms with van der Waals surface area (Å²) in [7, 11) is 1.48. The van der Waals surface area contributed by atoms with Gasteiger partial charge in [-0.15, -0.1) is 0 Å². The number of carbonyl (C=O) groups excluding carboxylic acids is 2. The zero-order valence-corrected chi connectivity index (χ0v) is 54.0. The number of ether oxygens (including phenoxy) is 1. The molecule has 0 aromatic carbocycles. The molecule has 3 unspecified atom stereocenters. The molecule has 464 valence electrons. The van der Waals surface area contributed by atoms with Gasteiger partial charge in [0.2, 0.25) is 5.91 Å². The molecule has 3 atom stereocenters. The summed E-state index contributed by atoms with van der Waals surface area (Å²) < 4.78 is 30.7. The van der Waals surface area contributed by atoms with E-state index in [1.165, 1.54) is 167 Å². The highest BCUT2D eigenvalue weighted by Gasteiger charge is 2.30. The minimum atomic E-state index is -4.46. The third-order valence-electron chi connectivity index (χ3n) is 14.6. The lowest BCUT2D eigenvalue weighted by molar-refractivity contribution is -0.870. The molecule has 9 nitrogen and oxygen atoms in total. The van der Waals surface area contributed by atoms with Gasteiger partial charge in [0.15, 0.2) is 0 Å². The first-order valence-electron chi connectivity index (χ1n) is 33.4. The van der Waals surface area contributed by atoms with Crippen molar-refractivity contribution >= 4 is 19.7 Å². The Labute approximate surface area is 495 Å². The Morgan fingerprint density at radius 2 is 0.762 bits per heavy atom. The number of likely N-dealkylation sites (N-methyl/N-ethyl adjacent to an activating group) is 1. The highest BCUT2D eigenvalue weighted by atomic mass is 31.2. The van der Waals surface area contributed by atoms with Gasteiger partial charge in [-0.25, -0.2) is 4.57 Å². The molecule has 0 saturated carbocycles. The third-order valence-corrected chi connectivity index (χ3v) is 15.5. The molecule has 1 amide bonds. The number of phosphoric ester groups is 1. The van der Waals surface area contributed by atoms with Crippen LogP contribution in [0.1, 0.15) is 297 Å². The standard InChI is InChI=1S/C70H127N2O7P/c1-7-10-13-16-19-22-25-28-30-32-33-34-35-36-37-38-39-41-43-45-48-51-54-57-60-63-70(74)79-68(61-58-55-52-49-46-27-24-21-18-15-12-9-3)67(66-78-80(75,76)77-65-64-72(4,5)6)71-69(73)62-59-56-53-50-47-44-42-40-31-29-26-23-20-17-14-11-8-2/h19-20,22-23,28-31,33-34,42,44,58,61,67-68H,7-18,21,24-27,32,35-41,43,45-57,59-60,62-66H2,1-6H3,(H-,71,73,75,76)/p+1/b22-19-,23-20-,30-28-,31-29-,34-33-,44-42-,61-58-. The number of quaternary nitrogens is 1. The lowest BCUT2D eigenvalue weighted by Gasteiger charge is -2.27. The third kappa shape index (κ3) is 59.8. The predicted molar refractivity (Wildman–Crippen MR) is 346 cm³/mol. The van der Waals surface area contributed by atoms with E-state index in [0.717, 1.165) is 96.3 Å². The molecular formula is C70H128N2O7P+. The molecule has 0 bridgehead atoms. The largest absolute Gasteiger partial charge is 0.472 e. The van der Waals surface area contributed by atoms with Crippen molar-refractivity contribution in [3.05, 3.63) is 85.1 Å². The maximum absolute atomic E-state index is 13.6. The van der Waals surface area contributed by atoms with E-state index in [9.17, 15) is 19.0 Å². The monoisotopic (exact) mass is 1140 g/mol. The molecular weight excluding hydrogens is 1010 g/mol. The van der Waals surface area contributed by atoms with Crippen molar-refractivity contribution in [2.45, 2.75) is 309 Å².